The molecule has 0 aliphatic carbocycles. The van der Waals surface area contributed by atoms with Crippen molar-refractivity contribution < 1.29 is 9.53 Å². The Morgan fingerprint density at radius 3 is 2.61 bits per heavy atom. The van der Waals surface area contributed by atoms with Crippen molar-refractivity contribution in [3.63, 3.8) is 0 Å². The Labute approximate surface area is 174 Å². The number of nitrogens with zero attached hydrogens (tertiary/aromatic N) is 1. The van der Waals surface area contributed by atoms with Crippen LogP contribution in [0.15, 0.2) is 53.9 Å². The van der Waals surface area contributed by atoms with Gasteiger partial charge in [-0.3, -0.25) is 10.1 Å². The van der Waals surface area contributed by atoms with E-state index in [-0.39, 0.29) is 5.91 Å². The minimum atomic E-state index is -0.666. The SMILES string of the molecule is CC(C)Cc1ccc(-c2csc(NC(=O)C(C)Oc3cccc(Cl)c3)n2)cc1. The molecule has 0 fully saturated rings. The number of carbonyl (C=O) groups is 1. The highest BCUT2D eigenvalue weighted by molar-refractivity contribution is 7.14. The molecule has 4 nitrogen and oxygen atoms in total. The molecule has 1 amide bonds. The Morgan fingerprint density at radius 1 is 1.18 bits per heavy atom. The van der Waals surface area contributed by atoms with Crippen molar-refractivity contribution in [2.24, 2.45) is 5.92 Å². The first-order chi connectivity index (χ1) is 13.4. The fraction of sp³-hybridized carbons (Fsp3) is 0.273. The number of hydrogen-bond acceptors (Lipinski definition) is 4. The molecule has 28 heavy (non-hydrogen) atoms. The van der Waals surface area contributed by atoms with Crippen molar-refractivity contribution in [1.82, 2.24) is 4.98 Å². The van der Waals surface area contributed by atoms with E-state index in [0.29, 0.717) is 21.8 Å². The number of amides is 1. The second-order valence-electron chi connectivity index (χ2n) is 7.04. The van der Waals surface area contributed by atoms with Gasteiger partial charge >= 0.3 is 0 Å². The van der Waals surface area contributed by atoms with Gasteiger partial charge in [0, 0.05) is 16.0 Å². The van der Waals surface area contributed by atoms with Gasteiger partial charge in [-0.05, 0) is 43.0 Å². The number of rotatable bonds is 7. The molecule has 1 N–H and O–H groups in total. The van der Waals surface area contributed by atoms with E-state index in [1.165, 1.54) is 16.9 Å². The zero-order valence-electron chi connectivity index (χ0n) is 16.1. The Balaban J connectivity index is 1.61. The number of carbonyl (C=O) groups excluding carboxylic acids is 1. The van der Waals surface area contributed by atoms with E-state index in [2.05, 4.69) is 48.4 Å². The Bertz CT molecular complexity index is 938. The van der Waals surface area contributed by atoms with Gasteiger partial charge in [0.15, 0.2) is 11.2 Å². The number of thiazole rings is 1. The minimum absolute atomic E-state index is 0.256. The summed E-state index contributed by atoms with van der Waals surface area (Å²) in [5.41, 5.74) is 3.20. The van der Waals surface area contributed by atoms with Crippen LogP contribution in [0.2, 0.25) is 5.02 Å². The molecule has 0 spiro atoms. The lowest BCUT2D eigenvalue weighted by Gasteiger charge is -2.13. The van der Waals surface area contributed by atoms with Gasteiger partial charge in [0.2, 0.25) is 0 Å². The Kier molecular flexibility index (Phi) is 6.70. The van der Waals surface area contributed by atoms with Crippen LogP contribution in [-0.2, 0) is 11.2 Å². The van der Waals surface area contributed by atoms with Crippen LogP contribution < -0.4 is 10.1 Å². The molecular weight excluding hydrogens is 392 g/mol. The number of benzene rings is 2. The average molecular weight is 415 g/mol. The van der Waals surface area contributed by atoms with Crippen LogP contribution in [0.1, 0.15) is 26.3 Å². The molecule has 0 aliphatic rings. The summed E-state index contributed by atoms with van der Waals surface area (Å²) in [5.74, 6) is 0.924. The van der Waals surface area contributed by atoms with Crippen LogP contribution in [0, 0.1) is 5.92 Å². The minimum Gasteiger partial charge on any atom is -0.481 e. The number of halogens is 1. The molecule has 3 aromatic rings. The van der Waals surface area contributed by atoms with Crippen molar-refractivity contribution in [2.75, 3.05) is 5.32 Å². The van der Waals surface area contributed by atoms with E-state index in [4.69, 9.17) is 16.3 Å². The quantitative estimate of drug-likeness (QED) is 0.510. The van der Waals surface area contributed by atoms with E-state index in [1.54, 1.807) is 31.2 Å². The fourth-order valence-electron chi connectivity index (χ4n) is 2.75. The zero-order chi connectivity index (χ0) is 20.1. The highest BCUT2D eigenvalue weighted by Gasteiger charge is 2.17. The fourth-order valence-corrected chi connectivity index (χ4v) is 3.65. The van der Waals surface area contributed by atoms with Gasteiger partial charge in [-0.25, -0.2) is 4.98 Å². The van der Waals surface area contributed by atoms with Crippen molar-refractivity contribution in [3.8, 4) is 17.0 Å². The van der Waals surface area contributed by atoms with Gasteiger partial charge < -0.3 is 4.74 Å². The van der Waals surface area contributed by atoms with Gasteiger partial charge in [-0.2, -0.15) is 0 Å². The van der Waals surface area contributed by atoms with Crippen LogP contribution in [0.5, 0.6) is 5.75 Å². The largest absolute Gasteiger partial charge is 0.481 e. The van der Waals surface area contributed by atoms with Crippen LogP contribution >= 0.6 is 22.9 Å². The number of anilines is 1. The topological polar surface area (TPSA) is 51.2 Å². The molecule has 1 aromatic heterocycles. The third-order valence-corrected chi connectivity index (χ3v) is 5.10. The third-order valence-electron chi connectivity index (χ3n) is 4.11. The molecule has 146 valence electrons. The predicted molar refractivity (Wildman–Crippen MR) is 116 cm³/mol. The smallest absolute Gasteiger partial charge is 0.266 e. The van der Waals surface area contributed by atoms with Crippen molar-refractivity contribution in [1.29, 1.82) is 0 Å². The maximum absolute atomic E-state index is 12.4. The molecule has 1 atom stereocenters. The first kappa shape index (κ1) is 20.4. The summed E-state index contributed by atoms with van der Waals surface area (Å²) in [6, 6.07) is 15.4. The van der Waals surface area contributed by atoms with E-state index in [0.717, 1.165) is 17.7 Å². The van der Waals surface area contributed by atoms with Gasteiger partial charge in [0.1, 0.15) is 5.75 Å². The van der Waals surface area contributed by atoms with Gasteiger partial charge in [0.25, 0.3) is 5.91 Å². The lowest BCUT2D eigenvalue weighted by atomic mass is 10.0. The van der Waals surface area contributed by atoms with Gasteiger partial charge in [-0.1, -0.05) is 55.8 Å². The standard InChI is InChI=1S/C22H23ClN2O2S/c1-14(2)11-16-7-9-17(10-8-16)20-13-28-22(24-20)25-21(26)15(3)27-19-6-4-5-18(23)12-19/h4-10,12-15H,11H2,1-3H3,(H,24,25,26). The van der Waals surface area contributed by atoms with Crippen molar-refractivity contribution in [3.05, 3.63) is 64.5 Å². The molecule has 0 aliphatic heterocycles. The number of nitrogens with one attached hydrogen (secondary N) is 1. The molecule has 0 saturated heterocycles. The van der Waals surface area contributed by atoms with E-state index < -0.39 is 6.10 Å². The second-order valence-corrected chi connectivity index (χ2v) is 8.33. The molecule has 2 aromatic carbocycles. The third kappa shape index (κ3) is 5.57. The molecule has 6 heteroatoms. The number of ether oxygens (including phenoxy) is 1. The monoisotopic (exact) mass is 414 g/mol. The molecular formula is C22H23ClN2O2S. The summed E-state index contributed by atoms with van der Waals surface area (Å²) in [6.45, 7) is 6.11. The summed E-state index contributed by atoms with van der Waals surface area (Å²) < 4.78 is 5.65. The van der Waals surface area contributed by atoms with E-state index >= 15 is 0 Å². The molecule has 0 saturated carbocycles. The molecule has 0 radical (unpaired) electrons. The Morgan fingerprint density at radius 2 is 1.93 bits per heavy atom. The maximum atomic E-state index is 12.4. The normalized spacial score (nSPS) is 12.0. The molecule has 0 bridgehead atoms. The number of aromatic nitrogens is 1. The van der Waals surface area contributed by atoms with Crippen LogP contribution in [0.4, 0.5) is 5.13 Å². The predicted octanol–water partition coefficient (Wildman–Crippen LogP) is 6.07. The first-order valence-corrected chi connectivity index (χ1v) is 10.4. The average Bonchev–Trinajstić information content (AvgIpc) is 3.10. The van der Waals surface area contributed by atoms with Crippen molar-refractivity contribution in [2.45, 2.75) is 33.3 Å². The van der Waals surface area contributed by atoms with Crippen LogP contribution in [-0.4, -0.2) is 17.0 Å². The zero-order valence-corrected chi connectivity index (χ0v) is 17.7. The Hall–Kier alpha value is -2.37. The molecule has 1 unspecified atom stereocenters. The molecule has 1 heterocycles. The highest BCUT2D eigenvalue weighted by atomic mass is 35.5. The summed E-state index contributed by atoms with van der Waals surface area (Å²) in [5, 5.41) is 5.87. The van der Waals surface area contributed by atoms with E-state index in [1.807, 2.05) is 5.38 Å². The first-order valence-electron chi connectivity index (χ1n) is 9.18. The summed E-state index contributed by atoms with van der Waals surface area (Å²) in [7, 11) is 0. The van der Waals surface area contributed by atoms with Crippen LogP contribution in [0.3, 0.4) is 0 Å². The van der Waals surface area contributed by atoms with E-state index in [9.17, 15) is 4.79 Å². The summed E-state index contributed by atoms with van der Waals surface area (Å²) >= 11 is 7.34. The van der Waals surface area contributed by atoms with Crippen LogP contribution in [0.25, 0.3) is 11.3 Å². The lowest BCUT2D eigenvalue weighted by molar-refractivity contribution is -0.122. The summed E-state index contributed by atoms with van der Waals surface area (Å²) in [4.78, 5) is 16.9. The van der Waals surface area contributed by atoms with Gasteiger partial charge in [-0.15, -0.1) is 11.3 Å². The lowest BCUT2D eigenvalue weighted by Crippen LogP contribution is -2.30. The number of hydrogen-bond donors (Lipinski definition) is 1. The van der Waals surface area contributed by atoms with Gasteiger partial charge in [0.05, 0.1) is 5.69 Å². The molecule has 3 rings (SSSR count). The second kappa shape index (κ2) is 9.22. The maximum Gasteiger partial charge on any atom is 0.266 e. The van der Waals surface area contributed by atoms with Crippen molar-refractivity contribution >= 4 is 34.0 Å². The highest BCUT2D eigenvalue weighted by Crippen LogP contribution is 2.26. The summed E-state index contributed by atoms with van der Waals surface area (Å²) in [6.07, 6.45) is 0.393.